The van der Waals surface area contributed by atoms with E-state index < -0.39 is 0 Å². The molecule has 1 aromatic rings. The van der Waals surface area contributed by atoms with Crippen molar-refractivity contribution in [1.29, 1.82) is 0 Å². The minimum absolute atomic E-state index is 0.187. The van der Waals surface area contributed by atoms with Crippen LogP contribution in [0.4, 0.5) is 0 Å². The van der Waals surface area contributed by atoms with Gasteiger partial charge in [0.1, 0.15) is 0 Å². The third-order valence-corrected chi connectivity index (χ3v) is 4.01. The Morgan fingerprint density at radius 1 is 1.31 bits per heavy atom. The first-order chi connectivity index (χ1) is 6.24. The van der Waals surface area contributed by atoms with Crippen molar-refractivity contribution in [2.45, 2.75) is 29.9 Å². The fourth-order valence-electron chi connectivity index (χ4n) is 0.931. The van der Waals surface area contributed by atoms with Crippen molar-refractivity contribution in [3.63, 3.8) is 0 Å². The van der Waals surface area contributed by atoms with E-state index in [1.165, 1.54) is 4.90 Å². The maximum Gasteiger partial charge on any atom is 0.0861 e. The molecular weight excluding hydrogens is 200 g/mol. The van der Waals surface area contributed by atoms with E-state index in [0.29, 0.717) is 5.92 Å². The number of hydrogen-bond acceptors (Lipinski definition) is 1. The number of alkyl halides is 1. The van der Waals surface area contributed by atoms with Crippen LogP contribution in [0.1, 0.15) is 20.3 Å². The molecular formula is C11H15ClS. The maximum atomic E-state index is 6.23. The van der Waals surface area contributed by atoms with Gasteiger partial charge >= 0.3 is 0 Å². The summed E-state index contributed by atoms with van der Waals surface area (Å²) in [6.07, 6.45) is 1.13. The van der Waals surface area contributed by atoms with Crippen LogP contribution >= 0.6 is 23.4 Å². The third kappa shape index (κ3) is 3.61. The standard InChI is InChI=1S/C11H15ClS/c1-3-9(2)11(12)13-10-7-5-4-6-8-10/h4-9,11H,3H2,1-2H3. The molecule has 0 N–H and O–H groups in total. The Morgan fingerprint density at radius 2 is 1.92 bits per heavy atom. The Labute approximate surface area is 89.7 Å². The topological polar surface area (TPSA) is 0 Å². The van der Waals surface area contributed by atoms with E-state index in [9.17, 15) is 0 Å². The van der Waals surface area contributed by atoms with Gasteiger partial charge < -0.3 is 0 Å². The van der Waals surface area contributed by atoms with Crippen molar-refractivity contribution in [1.82, 2.24) is 0 Å². The van der Waals surface area contributed by atoms with Crippen LogP contribution in [-0.4, -0.2) is 4.71 Å². The van der Waals surface area contributed by atoms with Crippen LogP contribution in [0.15, 0.2) is 35.2 Å². The highest BCUT2D eigenvalue weighted by molar-refractivity contribution is 8.01. The van der Waals surface area contributed by atoms with Gasteiger partial charge in [-0.25, -0.2) is 0 Å². The van der Waals surface area contributed by atoms with Gasteiger partial charge in [0.25, 0.3) is 0 Å². The molecule has 1 rings (SSSR count). The molecule has 0 aliphatic carbocycles. The summed E-state index contributed by atoms with van der Waals surface area (Å²) < 4.78 is 0.187. The van der Waals surface area contributed by atoms with Gasteiger partial charge in [0.05, 0.1) is 4.71 Å². The summed E-state index contributed by atoms with van der Waals surface area (Å²) in [7, 11) is 0. The molecule has 0 aromatic heterocycles. The minimum Gasteiger partial charge on any atom is -0.110 e. The lowest BCUT2D eigenvalue weighted by molar-refractivity contribution is 0.610. The van der Waals surface area contributed by atoms with Gasteiger partial charge in [0.15, 0.2) is 0 Å². The highest BCUT2D eigenvalue weighted by Gasteiger charge is 2.13. The smallest absolute Gasteiger partial charge is 0.0861 e. The summed E-state index contributed by atoms with van der Waals surface area (Å²) in [4.78, 5) is 1.25. The van der Waals surface area contributed by atoms with Crippen LogP contribution in [0.5, 0.6) is 0 Å². The van der Waals surface area contributed by atoms with E-state index in [-0.39, 0.29) is 4.71 Å². The lowest BCUT2D eigenvalue weighted by Crippen LogP contribution is -2.05. The monoisotopic (exact) mass is 214 g/mol. The average molecular weight is 215 g/mol. The predicted molar refractivity (Wildman–Crippen MR) is 61.4 cm³/mol. The van der Waals surface area contributed by atoms with Gasteiger partial charge in [-0.3, -0.25) is 0 Å². The molecule has 0 bridgehead atoms. The summed E-state index contributed by atoms with van der Waals surface area (Å²) in [6, 6.07) is 10.3. The van der Waals surface area contributed by atoms with E-state index >= 15 is 0 Å². The zero-order valence-corrected chi connectivity index (χ0v) is 9.61. The SMILES string of the molecule is CCC(C)C(Cl)Sc1ccccc1. The Bertz CT molecular complexity index is 235. The minimum atomic E-state index is 0.187. The average Bonchev–Trinajstić information content (AvgIpc) is 2.18. The van der Waals surface area contributed by atoms with E-state index in [1.807, 2.05) is 18.2 Å². The van der Waals surface area contributed by atoms with Crippen molar-refractivity contribution in [3.8, 4) is 0 Å². The molecule has 13 heavy (non-hydrogen) atoms. The molecule has 0 radical (unpaired) electrons. The number of benzene rings is 1. The van der Waals surface area contributed by atoms with Crippen molar-refractivity contribution < 1.29 is 0 Å². The van der Waals surface area contributed by atoms with Crippen LogP contribution < -0.4 is 0 Å². The number of thioether (sulfide) groups is 1. The quantitative estimate of drug-likeness (QED) is 0.529. The lowest BCUT2D eigenvalue weighted by atomic mass is 10.2. The van der Waals surface area contributed by atoms with Gasteiger partial charge in [-0.15, -0.1) is 23.4 Å². The molecule has 0 spiro atoms. The molecule has 2 atom stereocenters. The van der Waals surface area contributed by atoms with Crippen LogP contribution in [0.2, 0.25) is 0 Å². The maximum absolute atomic E-state index is 6.23. The zero-order chi connectivity index (χ0) is 9.68. The fraction of sp³-hybridized carbons (Fsp3) is 0.455. The Morgan fingerprint density at radius 3 is 2.46 bits per heavy atom. The molecule has 0 amide bonds. The molecule has 2 heteroatoms. The second kappa shape index (κ2) is 5.56. The summed E-state index contributed by atoms with van der Waals surface area (Å²) in [5, 5.41) is 0. The summed E-state index contributed by atoms with van der Waals surface area (Å²) in [6.45, 7) is 4.36. The van der Waals surface area contributed by atoms with Crippen molar-refractivity contribution in [2.24, 2.45) is 5.92 Å². The second-order valence-corrected chi connectivity index (χ2v) is 5.11. The van der Waals surface area contributed by atoms with Crippen molar-refractivity contribution >= 4 is 23.4 Å². The molecule has 0 aliphatic rings. The first-order valence-electron chi connectivity index (χ1n) is 4.59. The molecule has 72 valence electrons. The van der Waals surface area contributed by atoms with Gasteiger partial charge in [-0.1, -0.05) is 38.5 Å². The molecule has 0 saturated carbocycles. The molecule has 2 unspecified atom stereocenters. The lowest BCUT2D eigenvalue weighted by Gasteiger charge is -2.15. The van der Waals surface area contributed by atoms with Gasteiger partial charge in [0, 0.05) is 4.90 Å². The highest BCUT2D eigenvalue weighted by Crippen LogP contribution is 2.31. The first-order valence-corrected chi connectivity index (χ1v) is 5.91. The molecule has 0 saturated heterocycles. The summed E-state index contributed by atoms with van der Waals surface area (Å²) >= 11 is 7.97. The van der Waals surface area contributed by atoms with Crippen molar-refractivity contribution in [2.75, 3.05) is 0 Å². The van der Waals surface area contributed by atoms with E-state index in [0.717, 1.165) is 6.42 Å². The Balaban J connectivity index is 2.50. The highest BCUT2D eigenvalue weighted by atomic mass is 35.5. The molecule has 0 heterocycles. The second-order valence-electron chi connectivity index (χ2n) is 3.17. The third-order valence-electron chi connectivity index (χ3n) is 2.08. The Hall–Kier alpha value is -0.140. The largest absolute Gasteiger partial charge is 0.110 e. The first kappa shape index (κ1) is 10.9. The number of halogens is 1. The normalized spacial score (nSPS) is 15.3. The van der Waals surface area contributed by atoms with Crippen LogP contribution in [-0.2, 0) is 0 Å². The number of hydrogen-bond donors (Lipinski definition) is 0. The fourth-order valence-corrected chi connectivity index (χ4v) is 2.42. The molecule has 0 nitrogen and oxygen atoms in total. The summed E-state index contributed by atoms with van der Waals surface area (Å²) in [5.74, 6) is 0.562. The van der Waals surface area contributed by atoms with Crippen LogP contribution in [0, 0.1) is 5.92 Å². The number of rotatable bonds is 4. The van der Waals surface area contributed by atoms with E-state index in [4.69, 9.17) is 11.6 Å². The summed E-state index contributed by atoms with van der Waals surface area (Å²) in [5.41, 5.74) is 0. The van der Waals surface area contributed by atoms with Gasteiger partial charge in [0.2, 0.25) is 0 Å². The molecule has 1 aromatic carbocycles. The van der Waals surface area contributed by atoms with Crippen LogP contribution in [0.3, 0.4) is 0 Å². The molecule has 0 fully saturated rings. The predicted octanol–water partition coefficient (Wildman–Crippen LogP) is 4.39. The van der Waals surface area contributed by atoms with E-state index in [1.54, 1.807) is 11.8 Å². The molecule has 0 aliphatic heterocycles. The van der Waals surface area contributed by atoms with Gasteiger partial charge in [-0.2, -0.15) is 0 Å². The van der Waals surface area contributed by atoms with Crippen LogP contribution in [0.25, 0.3) is 0 Å². The van der Waals surface area contributed by atoms with E-state index in [2.05, 4.69) is 26.0 Å². The van der Waals surface area contributed by atoms with Gasteiger partial charge in [-0.05, 0) is 18.1 Å². The van der Waals surface area contributed by atoms with Crippen molar-refractivity contribution in [3.05, 3.63) is 30.3 Å². The Kier molecular flexibility index (Phi) is 4.68. The zero-order valence-electron chi connectivity index (χ0n) is 8.03.